The second-order valence-electron chi connectivity index (χ2n) is 4.08. The second kappa shape index (κ2) is 8.13. The molecule has 0 heterocycles. The largest absolute Gasteiger partial charge is 0.162 e. The number of hydrogen-bond acceptors (Lipinski definition) is 1. The van der Waals surface area contributed by atoms with Crippen LogP contribution >= 0.6 is 35.0 Å². The molecule has 0 saturated heterocycles. The van der Waals surface area contributed by atoms with Gasteiger partial charge in [0.1, 0.15) is 0 Å². The smallest absolute Gasteiger partial charge is 0.0293 e. The second-order valence-corrected chi connectivity index (χ2v) is 6.01. The summed E-state index contributed by atoms with van der Waals surface area (Å²) in [4.78, 5) is 0. The first-order valence-electron chi connectivity index (χ1n) is 5.32. The van der Waals surface area contributed by atoms with Crippen LogP contribution in [0.5, 0.6) is 0 Å². The number of halogens is 2. The van der Waals surface area contributed by atoms with Crippen LogP contribution in [0.4, 0.5) is 0 Å². The molecule has 0 rings (SSSR count). The average molecular weight is 257 g/mol. The van der Waals surface area contributed by atoms with Gasteiger partial charge in [-0.2, -0.15) is 11.8 Å². The monoisotopic (exact) mass is 256 g/mol. The van der Waals surface area contributed by atoms with Crippen LogP contribution in [0.25, 0.3) is 0 Å². The molecule has 0 fully saturated rings. The maximum absolute atomic E-state index is 6.04. The first kappa shape index (κ1) is 14.9. The molecule has 0 nitrogen and oxygen atoms in total. The first-order valence-corrected chi connectivity index (χ1v) is 7.55. The van der Waals surface area contributed by atoms with Crippen molar-refractivity contribution in [1.82, 2.24) is 0 Å². The highest BCUT2D eigenvalue weighted by molar-refractivity contribution is 7.99. The van der Waals surface area contributed by atoms with Gasteiger partial charge in [0, 0.05) is 11.8 Å². The van der Waals surface area contributed by atoms with Crippen molar-refractivity contribution in [2.24, 2.45) is 11.3 Å². The van der Waals surface area contributed by atoms with Crippen LogP contribution in [0.1, 0.15) is 33.6 Å². The van der Waals surface area contributed by atoms with Gasteiger partial charge in [-0.15, -0.1) is 23.2 Å². The lowest BCUT2D eigenvalue weighted by atomic mass is 9.77. The van der Waals surface area contributed by atoms with E-state index in [1.165, 1.54) is 17.9 Å². The summed E-state index contributed by atoms with van der Waals surface area (Å²) in [6.45, 7) is 6.64. The zero-order chi connectivity index (χ0) is 11.0. The number of rotatable bonds is 8. The van der Waals surface area contributed by atoms with Crippen molar-refractivity contribution in [3.63, 3.8) is 0 Å². The molecule has 14 heavy (non-hydrogen) atoms. The summed E-state index contributed by atoms with van der Waals surface area (Å²) in [7, 11) is 0. The molecule has 0 N–H and O–H groups in total. The van der Waals surface area contributed by atoms with E-state index in [-0.39, 0.29) is 5.41 Å². The third kappa shape index (κ3) is 4.63. The van der Waals surface area contributed by atoms with Gasteiger partial charge in [0.05, 0.1) is 0 Å². The minimum absolute atomic E-state index is 0.150. The third-order valence-corrected chi connectivity index (χ3v) is 4.97. The first-order chi connectivity index (χ1) is 6.63. The van der Waals surface area contributed by atoms with Crippen LogP contribution in [-0.2, 0) is 0 Å². The molecule has 0 saturated carbocycles. The topological polar surface area (TPSA) is 0 Å². The fourth-order valence-corrected chi connectivity index (χ4v) is 3.24. The molecule has 0 aromatic heterocycles. The summed E-state index contributed by atoms with van der Waals surface area (Å²) < 4.78 is 0. The van der Waals surface area contributed by atoms with Gasteiger partial charge in [-0.25, -0.2) is 0 Å². The summed E-state index contributed by atoms with van der Waals surface area (Å²) in [6.07, 6.45) is 2.39. The lowest BCUT2D eigenvalue weighted by molar-refractivity contribution is 0.238. The normalized spacial score (nSPS) is 12.4. The van der Waals surface area contributed by atoms with Gasteiger partial charge in [-0.1, -0.05) is 20.8 Å². The predicted octanol–water partition coefficient (Wildman–Crippen LogP) is 4.64. The lowest BCUT2D eigenvalue weighted by Crippen LogP contribution is -2.31. The Balaban J connectivity index is 3.95. The van der Waals surface area contributed by atoms with Crippen molar-refractivity contribution < 1.29 is 0 Å². The SMILES string of the molecule is CCSCCCC(CCl)(CCl)C(C)C. The number of thioether (sulfide) groups is 1. The molecule has 0 spiro atoms. The maximum atomic E-state index is 6.04. The summed E-state index contributed by atoms with van der Waals surface area (Å²) in [5, 5.41) is 0. The summed E-state index contributed by atoms with van der Waals surface area (Å²) >= 11 is 14.1. The van der Waals surface area contributed by atoms with Crippen LogP contribution in [0.15, 0.2) is 0 Å². The maximum Gasteiger partial charge on any atom is 0.0293 e. The third-order valence-electron chi connectivity index (χ3n) is 2.92. The summed E-state index contributed by atoms with van der Waals surface area (Å²) in [6, 6.07) is 0. The zero-order valence-electron chi connectivity index (χ0n) is 9.48. The molecule has 0 aromatic rings. The highest BCUT2D eigenvalue weighted by Gasteiger charge is 2.31. The van der Waals surface area contributed by atoms with Crippen LogP contribution in [0.3, 0.4) is 0 Å². The Morgan fingerprint density at radius 2 is 1.79 bits per heavy atom. The Morgan fingerprint density at radius 3 is 2.14 bits per heavy atom. The van der Waals surface area contributed by atoms with E-state index in [2.05, 4.69) is 20.8 Å². The van der Waals surface area contributed by atoms with Crippen molar-refractivity contribution in [3.05, 3.63) is 0 Å². The molecule has 0 atom stereocenters. The van der Waals surface area contributed by atoms with Crippen molar-refractivity contribution in [1.29, 1.82) is 0 Å². The van der Waals surface area contributed by atoms with Crippen LogP contribution in [0, 0.1) is 11.3 Å². The molecule has 86 valence electrons. The standard InChI is InChI=1S/C11H22Cl2S/c1-4-14-7-5-6-11(8-12,9-13)10(2)3/h10H,4-9H2,1-3H3. The van der Waals surface area contributed by atoms with Gasteiger partial charge in [0.15, 0.2) is 0 Å². The molecule has 0 aliphatic heterocycles. The predicted molar refractivity (Wildman–Crippen MR) is 70.9 cm³/mol. The van der Waals surface area contributed by atoms with E-state index >= 15 is 0 Å². The molecule has 0 amide bonds. The highest BCUT2D eigenvalue weighted by Crippen LogP contribution is 2.36. The fraction of sp³-hybridized carbons (Fsp3) is 1.00. The Bertz CT molecular complexity index is 133. The van der Waals surface area contributed by atoms with Gasteiger partial charge in [0.2, 0.25) is 0 Å². The van der Waals surface area contributed by atoms with Crippen molar-refractivity contribution in [3.8, 4) is 0 Å². The van der Waals surface area contributed by atoms with Crippen LogP contribution in [-0.4, -0.2) is 23.3 Å². The number of hydrogen-bond donors (Lipinski definition) is 0. The Kier molecular flexibility index (Phi) is 8.66. The van der Waals surface area contributed by atoms with E-state index < -0.39 is 0 Å². The van der Waals surface area contributed by atoms with Gasteiger partial charge in [-0.3, -0.25) is 0 Å². The van der Waals surface area contributed by atoms with E-state index in [0.717, 1.165) is 6.42 Å². The Hall–Kier alpha value is 0.930. The van der Waals surface area contributed by atoms with Crippen LogP contribution in [0.2, 0.25) is 0 Å². The van der Waals surface area contributed by atoms with E-state index in [9.17, 15) is 0 Å². The molecular weight excluding hydrogens is 235 g/mol. The minimum atomic E-state index is 0.150. The average Bonchev–Trinajstić information content (AvgIpc) is 2.18. The Morgan fingerprint density at radius 1 is 1.21 bits per heavy atom. The summed E-state index contributed by atoms with van der Waals surface area (Å²) in [5.74, 6) is 4.38. The quantitative estimate of drug-likeness (QED) is 0.451. The Labute approximate surface area is 103 Å². The lowest BCUT2D eigenvalue weighted by Gasteiger charge is -2.34. The molecule has 0 bridgehead atoms. The highest BCUT2D eigenvalue weighted by atomic mass is 35.5. The molecular formula is C11H22Cl2S. The summed E-state index contributed by atoms with van der Waals surface area (Å²) in [5.41, 5.74) is 0.150. The van der Waals surface area contributed by atoms with E-state index in [1.54, 1.807) is 0 Å². The van der Waals surface area contributed by atoms with Crippen molar-refractivity contribution >= 4 is 35.0 Å². The molecule has 0 radical (unpaired) electrons. The molecule has 0 unspecified atom stereocenters. The van der Waals surface area contributed by atoms with Gasteiger partial charge in [-0.05, 0) is 35.7 Å². The fourth-order valence-electron chi connectivity index (χ4n) is 1.44. The molecule has 0 aliphatic carbocycles. The van der Waals surface area contributed by atoms with Crippen molar-refractivity contribution in [2.45, 2.75) is 33.6 Å². The van der Waals surface area contributed by atoms with E-state index in [4.69, 9.17) is 23.2 Å². The van der Waals surface area contributed by atoms with E-state index in [1.807, 2.05) is 11.8 Å². The number of alkyl halides is 2. The zero-order valence-corrected chi connectivity index (χ0v) is 11.8. The van der Waals surface area contributed by atoms with E-state index in [0.29, 0.717) is 17.7 Å². The van der Waals surface area contributed by atoms with Crippen LogP contribution < -0.4 is 0 Å². The molecule has 3 heteroatoms. The molecule has 0 aromatic carbocycles. The van der Waals surface area contributed by atoms with Gasteiger partial charge >= 0.3 is 0 Å². The van der Waals surface area contributed by atoms with Crippen molar-refractivity contribution in [2.75, 3.05) is 23.3 Å². The minimum Gasteiger partial charge on any atom is -0.162 e. The molecule has 0 aliphatic rings. The van der Waals surface area contributed by atoms with Gasteiger partial charge < -0.3 is 0 Å². The van der Waals surface area contributed by atoms with Gasteiger partial charge in [0.25, 0.3) is 0 Å².